The van der Waals surface area contributed by atoms with Gasteiger partial charge in [0.25, 0.3) is 0 Å². The number of benzene rings is 1. The van der Waals surface area contributed by atoms with Crippen LogP contribution >= 0.6 is 0 Å². The zero-order valence-electron chi connectivity index (χ0n) is 9.09. The first-order valence-corrected chi connectivity index (χ1v) is 6.27. The lowest BCUT2D eigenvalue weighted by atomic mass is 10.1. The molecule has 0 saturated carbocycles. The van der Waals surface area contributed by atoms with Gasteiger partial charge in [0.1, 0.15) is 0 Å². The fraction of sp³-hybridized carbons (Fsp3) is 0.455. The average Bonchev–Trinajstić information content (AvgIpc) is 2.27. The summed E-state index contributed by atoms with van der Waals surface area (Å²) in [7, 11) is 0. The van der Waals surface area contributed by atoms with Crippen LogP contribution in [0.15, 0.2) is 24.3 Å². The van der Waals surface area contributed by atoms with Crippen LogP contribution in [0.4, 0.5) is 0 Å². The summed E-state index contributed by atoms with van der Waals surface area (Å²) in [6, 6.07) is 8.13. The van der Waals surface area contributed by atoms with Crippen molar-refractivity contribution in [3.63, 3.8) is 0 Å². The molecule has 90 valence electrons. The zero-order valence-corrected chi connectivity index (χ0v) is 9.91. The molecule has 1 atom stereocenters. The zero-order chi connectivity index (χ0) is 11.8. The second kappa shape index (κ2) is 7.51. The lowest BCUT2D eigenvalue weighted by Gasteiger charge is -2.03. The molecular formula is C11H17NO3S. The van der Waals surface area contributed by atoms with Crippen molar-refractivity contribution >= 4 is 11.4 Å². The van der Waals surface area contributed by atoms with E-state index in [9.17, 15) is 4.21 Å². The maximum atomic E-state index is 10.2. The maximum Gasteiger partial charge on any atom is 0.301 e. The first-order valence-electron chi connectivity index (χ1n) is 5.24. The van der Waals surface area contributed by atoms with Crippen molar-refractivity contribution < 1.29 is 12.9 Å². The van der Waals surface area contributed by atoms with Gasteiger partial charge < -0.3 is 5.73 Å². The largest absolute Gasteiger partial charge is 0.330 e. The third kappa shape index (κ3) is 5.37. The Bertz CT molecular complexity index is 327. The van der Waals surface area contributed by atoms with Gasteiger partial charge in [-0.2, -0.15) is 4.21 Å². The van der Waals surface area contributed by atoms with Gasteiger partial charge in [0.05, 0.1) is 6.61 Å². The van der Waals surface area contributed by atoms with Crippen molar-refractivity contribution in [3.05, 3.63) is 35.4 Å². The lowest BCUT2D eigenvalue weighted by Crippen LogP contribution is -2.02. The summed E-state index contributed by atoms with van der Waals surface area (Å²) in [4.78, 5) is 0. The molecular weight excluding hydrogens is 226 g/mol. The van der Waals surface area contributed by atoms with E-state index in [4.69, 9.17) is 10.3 Å². The predicted molar refractivity (Wildman–Crippen MR) is 64.2 cm³/mol. The number of hydrogen-bond acceptors (Lipinski definition) is 3. The van der Waals surface area contributed by atoms with Crippen molar-refractivity contribution in [2.45, 2.75) is 19.3 Å². The molecule has 0 bridgehead atoms. The minimum Gasteiger partial charge on any atom is -0.330 e. The molecule has 0 aliphatic carbocycles. The Kier molecular flexibility index (Phi) is 6.25. The summed E-state index contributed by atoms with van der Waals surface area (Å²) in [6.07, 6.45) is 2.63. The van der Waals surface area contributed by atoms with Gasteiger partial charge in [-0.05, 0) is 36.9 Å². The van der Waals surface area contributed by atoms with E-state index in [-0.39, 0.29) is 6.61 Å². The predicted octanol–water partition coefficient (Wildman–Crippen LogP) is 1.27. The molecule has 0 aliphatic rings. The van der Waals surface area contributed by atoms with Gasteiger partial charge in [-0.15, -0.1) is 0 Å². The van der Waals surface area contributed by atoms with E-state index in [1.54, 1.807) is 0 Å². The van der Waals surface area contributed by atoms with Crippen LogP contribution in [-0.2, 0) is 28.4 Å². The molecule has 0 heterocycles. The molecule has 0 aromatic heterocycles. The van der Waals surface area contributed by atoms with E-state index in [1.165, 1.54) is 5.56 Å². The number of aryl methyl sites for hydroxylation is 1. The molecule has 5 heteroatoms. The van der Waals surface area contributed by atoms with Crippen molar-refractivity contribution in [1.29, 1.82) is 0 Å². The summed E-state index contributed by atoms with van der Waals surface area (Å²) in [6.45, 7) is 0.961. The molecule has 0 amide bonds. The van der Waals surface area contributed by atoms with Gasteiger partial charge in [-0.3, -0.25) is 8.74 Å². The summed E-state index contributed by atoms with van der Waals surface area (Å²) >= 11 is -2.16. The number of rotatable bonds is 7. The molecule has 0 saturated heterocycles. The van der Waals surface area contributed by atoms with Gasteiger partial charge in [0.2, 0.25) is 0 Å². The van der Waals surface area contributed by atoms with Gasteiger partial charge >= 0.3 is 11.4 Å². The van der Waals surface area contributed by atoms with E-state index in [1.807, 2.05) is 12.1 Å². The Labute approximate surface area is 98.3 Å². The van der Waals surface area contributed by atoms with Crippen LogP contribution in [-0.4, -0.2) is 21.9 Å². The van der Waals surface area contributed by atoms with E-state index >= 15 is 0 Å². The smallest absolute Gasteiger partial charge is 0.301 e. The maximum absolute atomic E-state index is 10.2. The number of hydrogen-bond donors (Lipinski definition) is 2. The third-order valence-electron chi connectivity index (χ3n) is 2.27. The molecule has 0 radical (unpaired) electrons. The summed E-state index contributed by atoms with van der Waals surface area (Å²) in [5, 5.41) is 0. The van der Waals surface area contributed by atoms with Crippen LogP contribution in [0.2, 0.25) is 0 Å². The Morgan fingerprint density at radius 3 is 2.25 bits per heavy atom. The van der Waals surface area contributed by atoms with Crippen LogP contribution in [0.1, 0.15) is 17.5 Å². The first-order chi connectivity index (χ1) is 7.72. The molecule has 0 fully saturated rings. The van der Waals surface area contributed by atoms with E-state index in [0.29, 0.717) is 13.0 Å². The minimum absolute atomic E-state index is 0.255. The highest BCUT2D eigenvalue weighted by Crippen LogP contribution is 2.07. The standard InChI is InChI=1S/C11H17NO3S/c12-8-1-2-10-3-5-11(6-4-10)7-9-15-16(13)14/h3-6H,1-2,7-9,12H2,(H,13,14). The van der Waals surface area contributed by atoms with Crippen LogP contribution in [0, 0.1) is 0 Å². The molecule has 1 aromatic rings. The molecule has 0 spiro atoms. The third-order valence-corrected chi connectivity index (χ3v) is 2.64. The van der Waals surface area contributed by atoms with Crippen LogP contribution in [0.5, 0.6) is 0 Å². The normalized spacial score (nSPS) is 12.6. The van der Waals surface area contributed by atoms with Crippen molar-refractivity contribution in [2.75, 3.05) is 13.2 Å². The highest BCUT2D eigenvalue weighted by molar-refractivity contribution is 7.74. The van der Waals surface area contributed by atoms with Crippen molar-refractivity contribution in [1.82, 2.24) is 0 Å². The quantitative estimate of drug-likeness (QED) is 0.707. The molecule has 16 heavy (non-hydrogen) atoms. The molecule has 1 rings (SSSR count). The second-order valence-corrected chi connectivity index (χ2v) is 4.17. The van der Waals surface area contributed by atoms with Crippen molar-refractivity contribution in [3.8, 4) is 0 Å². The molecule has 0 aliphatic heterocycles. The molecule has 1 aromatic carbocycles. The highest BCUT2D eigenvalue weighted by atomic mass is 32.2. The SMILES string of the molecule is NCCCc1ccc(CCOS(=O)O)cc1. The second-order valence-electron chi connectivity index (χ2n) is 3.50. The van der Waals surface area contributed by atoms with E-state index < -0.39 is 11.4 Å². The molecule has 1 unspecified atom stereocenters. The average molecular weight is 243 g/mol. The summed E-state index contributed by atoms with van der Waals surface area (Å²) in [5.74, 6) is 0. The Hall–Kier alpha value is -0.750. The molecule has 4 nitrogen and oxygen atoms in total. The molecule has 3 N–H and O–H groups in total. The fourth-order valence-electron chi connectivity index (χ4n) is 1.41. The van der Waals surface area contributed by atoms with Gasteiger partial charge in [-0.25, -0.2) is 0 Å². The van der Waals surface area contributed by atoms with Gasteiger partial charge in [0.15, 0.2) is 0 Å². The van der Waals surface area contributed by atoms with Gasteiger partial charge in [0, 0.05) is 0 Å². The summed E-state index contributed by atoms with van der Waals surface area (Å²) < 4.78 is 23.2. The Balaban J connectivity index is 2.36. The first kappa shape index (κ1) is 13.3. The lowest BCUT2D eigenvalue weighted by molar-refractivity contribution is 0.310. The van der Waals surface area contributed by atoms with Crippen LogP contribution in [0.25, 0.3) is 0 Å². The Morgan fingerprint density at radius 2 is 1.75 bits per heavy atom. The van der Waals surface area contributed by atoms with Crippen molar-refractivity contribution in [2.24, 2.45) is 5.73 Å². The van der Waals surface area contributed by atoms with Crippen LogP contribution < -0.4 is 5.73 Å². The van der Waals surface area contributed by atoms with E-state index in [2.05, 4.69) is 16.3 Å². The number of nitrogens with two attached hydrogens (primary N) is 1. The summed E-state index contributed by atoms with van der Waals surface area (Å²) in [5.41, 5.74) is 7.79. The topological polar surface area (TPSA) is 72.5 Å². The fourth-order valence-corrected chi connectivity index (χ4v) is 1.64. The van der Waals surface area contributed by atoms with Crippen LogP contribution in [0.3, 0.4) is 0 Å². The van der Waals surface area contributed by atoms with E-state index in [0.717, 1.165) is 18.4 Å². The van der Waals surface area contributed by atoms with Gasteiger partial charge in [-0.1, -0.05) is 24.3 Å². The Morgan fingerprint density at radius 1 is 1.19 bits per heavy atom. The minimum atomic E-state index is -2.16. The monoisotopic (exact) mass is 243 g/mol. The highest BCUT2D eigenvalue weighted by Gasteiger charge is 1.97.